The van der Waals surface area contributed by atoms with Gasteiger partial charge in [0.2, 0.25) is 5.82 Å². The second-order valence-corrected chi connectivity index (χ2v) is 7.97. The number of piperazine rings is 1. The molecule has 0 saturated carbocycles. The number of hydrogen-bond donors (Lipinski definition) is 0. The Morgan fingerprint density at radius 1 is 1.12 bits per heavy atom. The van der Waals surface area contributed by atoms with Crippen molar-refractivity contribution in [3.63, 3.8) is 0 Å². The summed E-state index contributed by atoms with van der Waals surface area (Å²) in [5, 5.41) is 9.90. The highest BCUT2D eigenvalue weighted by atomic mass is 35.5. The zero-order chi connectivity index (χ0) is 17.7. The van der Waals surface area contributed by atoms with Gasteiger partial charge >= 0.3 is 0 Å². The van der Waals surface area contributed by atoms with Crippen molar-refractivity contribution >= 4 is 44.2 Å². The Morgan fingerprint density at radius 2 is 1.96 bits per heavy atom. The standard InChI is InChI=1S/C17H17ClN6OS/c18-11-3-1-4-12-14(11)19-17(26-12)23-9-7-22(8-10-23)16(25)15-21-20-13-5-2-6-24(13)15/h1,3-4H,2,5-10H2. The van der Waals surface area contributed by atoms with Gasteiger partial charge in [0.15, 0.2) is 5.13 Å². The average Bonchev–Trinajstić information content (AvgIpc) is 3.37. The molecule has 134 valence electrons. The number of nitrogens with zero attached hydrogens (tertiary/aromatic N) is 6. The summed E-state index contributed by atoms with van der Waals surface area (Å²) in [6.07, 6.45) is 1.95. The summed E-state index contributed by atoms with van der Waals surface area (Å²) in [5.74, 6) is 1.40. The number of carbonyl (C=O) groups excluding carboxylic acids is 1. The molecule has 0 unspecified atom stereocenters. The van der Waals surface area contributed by atoms with E-state index in [1.54, 1.807) is 11.3 Å². The summed E-state index contributed by atoms with van der Waals surface area (Å²) in [5.41, 5.74) is 0.853. The van der Waals surface area contributed by atoms with Crippen molar-refractivity contribution in [2.24, 2.45) is 0 Å². The van der Waals surface area contributed by atoms with E-state index < -0.39 is 0 Å². The number of halogens is 1. The van der Waals surface area contributed by atoms with Crippen LogP contribution in [0.1, 0.15) is 22.9 Å². The number of hydrogen-bond acceptors (Lipinski definition) is 6. The maximum absolute atomic E-state index is 12.8. The lowest BCUT2D eigenvalue weighted by Gasteiger charge is -2.34. The number of fused-ring (bicyclic) bond motifs is 2. The third kappa shape index (κ3) is 2.55. The highest BCUT2D eigenvalue weighted by molar-refractivity contribution is 7.22. The lowest BCUT2D eigenvalue weighted by Crippen LogP contribution is -2.49. The molecule has 1 amide bonds. The van der Waals surface area contributed by atoms with Gasteiger partial charge in [0.1, 0.15) is 11.3 Å². The third-order valence-corrected chi connectivity index (χ3v) is 6.38. The zero-order valence-electron chi connectivity index (χ0n) is 14.1. The fraction of sp³-hybridized carbons (Fsp3) is 0.412. The van der Waals surface area contributed by atoms with Gasteiger partial charge in [-0.2, -0.15) is 0 Å². The lowest BCUT2D eigenvalue weighted by atomic mass is 10.3. The molecule has 1 aromatic carbocycles. The van der Waals surface area contributed by atoms with Gasteiger partial charge in [0.05, 0.1) is 9.72 Å². The first kappa shape index (κ1) is 16.0. The first-order valence-electron chi connectivity index (χ1n) is 8.72. The van der Waals surface area contributed by atoms with Crippen molar-refractivity contribution in [1.82, 2.24) is 24.6 Å². The molecule has 0 aliphatic carbocycles. The predicted octanol–water partition coefficient (Wildman–Crippen LogP) is 2.45. The van der Waals surface area contributed by atoms with Gasteiger partial charge in [0, 0.05) is 39.1 Å². The van der Waals surface area contributed by atoms with Gasteiger partial charge < -0.3 is 14.4 Å². The van der Waals surface area contributed by atoms with Crippen LogP contribution in [-0.2, 0) is 13.0 Å². The molecule has 0 bridgehead atoms. The van der Waals surface area contributed by atoms with Gasteiger partial charge in [-0.1, -0.05) is 29.0 Å². The van der Waals surface area contributed by atoms with Crippen molar-refractivity contribution in [3.8, 4) is 0 Å². The number of aromatic nitrogens is 4. The molecule has 26 heavy (non-hydrogen) atoms. The largest absolute Gasteiger partial charge is 0.345 e. The van der Waals surface area contributed by atoms with E-state index in [-0.39, 0.29) is 5.91 Å². The number of benzene rings is 1. The molecule has 0 N–H and O–H groups in total. The quantitative estimate of drug-likeness (QED) is 0.674. The Kier molecular flexibility index (Phi) is 3.82. The molecular weight excluding hydrogens is 372 g/mol. The summed E-state index contributed by atoms with van der Waals surface area (Å²) in [6, 6.07) is 5.84. The number of thiazole rings is 1. The Balaban J connectivity index is 1.31. The fourth-order valence-corrected chi connectivity index (χ4v) is 4.91. The molecule has 7 nitrogen and oxygen atoms in total. The molecule has 1 fully saturated rings. The number of aryl methyl sites for hydroxylation is 1. The van der Waals surface area contributed by atoms with Crippen LogP contribution in [0.4, 0.5) is 5.13 Å². The molecule has 2 aliphatic heterocycles. The highest BCUT2D eigenvalue weighted by Crippen LogP contribution is 2.33. The number of para-hydroxylation sites is 1. The Hall–Kier alpha value is -2.19. The molecule has 2 aromatic heterocycles. The number of anilines is 1. The van der Waals surface area contributed by atoms with Gasteiger partial charge in [-0.25, -0.2) is 4.98 Å². The molecule has 0 spiro atoms. The summed E-state index contributed by atoms with van der Waals surface area (Å²) < 4.78 is 3.05. The molecule has 2 aliphatic rings. The molecule has 0 radical (unpaired) electrons. The summed E-state index contributed by atoms with van der Waals surface area (Å²) >= 11 is 7.88. The zero-order valence-corrected chi connectivity index (χ0v) is 15.6. The lowest BCUT2D eigenvalue weighted by molar-refractivity contribution is 0.0729. The maximum atomic E-state index is 12.8. The molecule has 5 rings (SSSR count). The minimum absolute atomic E-state index is 0.0161. The van der Waals surface area contributed by atoms with Crippen molar-refractivity contribution in [2.45, 2.75) is 19.4 Å². The Morgan fingerprint density at radius 3 is 2.77 bits per heavy atom. The van der Waals surface area contributed by atoms with Crippen LogP contribution in [0.3, 0.4) is 0 Å². The van der Waals surface area contributed by atoms with E-state index in [0.29, 0.717) is 23.9 Å². The van der Waals surface area contributed by atoms with Crippen molar-refractivity contribution in [1.29, 1.82) is 0 Å². The van der Waals surface area contributed by atoms with Crippen LogP contribution < -0.4 is 4.90 Å². The topological polar surface area (TPSA) is 67.2 Å². The second kappa shape index (κ2) is 6.21. The van der Waals surface area contributed by atoms with Crippen molar-refractivity contribution in [2.75, 3.05) is 31.1 Å². The van der Waals surface area contributed by atoms with E-state index in [0.717, 1.165) is 53.6 Å². The van der Waals surface area contributed by atoms with Crippen molar-refractivity contribution < 1.29 is 4.79 Å². The Bertz CT molecular complexity index is 990. The first-order chi connectivity index (χ1) is 12.7. The average molecular weight is 389 g/mol. The van der Waals surface area contributed by atoms with Gasteiger partial charge in [-0.05, 0) is 18.6 Å². The minimum Gasteiger partial charge on any atom is -0.345 e. The fourth-order valence-electron chi connectivity index (χ4n) is 3.59. The number of rotatable bonds is 2. The van der Waals surface area contributed by atoms with E-state index in [4.69, 9.17) is 11.6 Å². The smallest absolute Gasteiger partial charge is 0.291 e. The Labute approximate surface area is 159 Å². The molecule has 4 heterocycles. The number of amides is 1. The summed E-state index contributed by atoms with van der Waals surface area (Å²) in [7, 11) is 0. The highest BCUT2D eigenvalue weighted by Gasteiger charge is 2.29. The van der Waals surface area contributed by atoms with Crippen molar-refractivity contribution in [3.05, 3.63) is 34.9 Å². The second-order valence-electron chi connectivity index (χ2n) is 6.56. The van der Waals surface area contributed by atoms with Crippen LogP contribution in [0.5, 0.6) is 0 Å². The monoisotopic (exact) mass is 388 g/mol. The van der Waals surface area contributed by atoms with E-state index in [9.17, 15) is 4.79 Å². The van der Waals surface area contributed by atoms with E-state index in [2.05, 4.69) is 20.1 Å². The maximum Gasteiger partial charge on any atom is 0.291 e. The normalized spacial score (nSPS) is 17.1. The van der Waals surface area contributed by atoms with Crippen LogP contribution in [0, 0.1) is 0 Å². The predicted molar refractivity (Wildman–Crippen MR) is 101 cm³/mol. The minimum atomic E-state index is -0.0161. The van der Waals surface area contributed by atoms with Crippen LogP contribution in [-0.4, -0.2) is 56.7 Å². The summed E-state index contributed by atoms with van der Waals surface area (Å²) in [4.78, 5) is 21.6. The summed E-state index contributed by atoms with van der Waals surface area (Å²) in [6.45, 7) is 3.67. The van der Waals surface area contributed by atoms with Crippen LogP contribution in [0.25, 0.3) is 10.2 Å². The van der Waals surface area contributed by atoms with Gasteiger partial charge in [0.25, 0.3) is 5.91 Å². The number of carbonyl (C=O) groups is 1. The molecule has 1 saturated heterocycles. The van der Waals surface area contributed by atoms with E-state index in [1.165, 1.54) is 0 Å². The van der Waals surface area contributed by atoms with Crippen LogP contribution >= 0.6 is 22.9 Å². The van der Waals surface area contributed by atoms with E-state index >= 15 is 0 Å². The molecule has 3 aromatic rings. The van der Waals surface area contributed by atoms with Gasteiger partial charge in [-0.3, -0.25) is 4.79 Å². The first-order valence-corrected chi connectivity index (χ1v) is 9.91. The molecular formula is C17H17ClN6OS. The molecule has 0 atom stereocenters. The SMILES string of the molecule is O=C(c1nnc2n1CCC2)N1CCN(c2nc3c(Cl)cccc3s2)CC1. The van der Waals surface area contributed by atoms with E-state index in [1.807, 2.05) is 27.7 Å². The van der Waals surface area contributed by atoms with Gasteiger partial charge in [-0.15, -0.1) is 10.2 Å². The third-order valence-electron chi connectivity index (χ3n) is 5.00. The van der Waals surface area contributed by atoms with Crippen LogP contribution in [0.15, 0.2) is 18.2 Å². The van der Waals surface area contributed by atoms with Crippen LogP contribution in [0.2, 0.25) is 5.02 Å². The molecule has 9 heteroatoms.